The Kier molecular flexibility index (Phi) is 5.36. The zero-order valence-electron chi connectivity index (χ0n) is 15.3. The van der Waals surface area contributed by atoms with Crippen molar-refractivity contribution in [2.24, 2.45) is 0 Å². The van der Waals surface area contributed by atoms with Crippen LogP contribution in [0.4, 0.5) is 0 Å². The van der Waals surface area contributed by atoms with Crippen LogP contribution in [0.15, 0.2) is 54.7 Å². The van der Waals surface area contributed by atoms with Gasteiger partial charge in [0, 0.05) is 28.4 Å². The van der Waals surface area contributed by atoms with Crippen LogP contribution >= 0.6 is 11.8 Å². The van der Waals surface area contributed by atoms with Crippen molar-refractivity contribution in [2.75, 3.05) is 19.5 Å². The number of carbonyl (C=O) groups is 2. The molecule has 28 heavy (non-hydrogen) atoms. The molecule has 0 spiro atoms. The fourth-order valence-corrected chi connectivity index (χ4v) is 4.51. The highest BCUT2D eigenvalue weighted by molar-refractivity contribution is 7.99. The normalized spacial score (nSPS) is 18.9. The number of aromatic nitrogens is 1. The van der Waals surface area contributed by atoms with Gasteiger partial charge in [-0.05, 0) is 29.8 Å². The highest BCUT2D eigenvalue weighted by Crippen LogP contribution is 2.36. The molecule has 0 saturated carbocycles. The fraction of sp³-hybridized carbons (Fsp3) is 0.238. The van der Waals surface area contributed by atoms with Crippen molar-refractivity contribution in [1.82, 2.24) is 10.3 Å². The molecule has 0 aliphatic carbocycles. The number of rotatable bonds is 6. The van der Waals surface area contributed by atoms with Crippen molar-refractivity contribution in [3.63, 3.8) is 0 Å². The second-order valence-corrected chi connectivity index (χ2v) is 7.62. The van der Waals surface area contributed by atoms with Crippen LogP contribution < -0.4 is 10.1 Å². The van der Waals surface area contributed by atoms with E-state index < -0.39 is 12.0 Å². The average Bonchev–Trinajstić information content (AvgIpc) is 3.41. The molecule has 1 saturated heterocycles. The first kappa shape index (κ1) is 18.6. The van der Waals surface area contributed by atoms with E-state index >= 15 is 0 Å². The number of aromatic amines is 1. The maximum absolute atomic E-state index is 12.4. The Morgan fingerprint density at radius 1 is 1.18 bits per heavy atom. The summed E-state index contributed by atoms with van der Waals surface area (Å²) < 4.78 is 10.4. The molecule has 2 atom stereocenters. The lowest BCUT2D eigenvalue weighted by Gasteiger charge is -2.14. The summed E-state index contributed by atoms with van der Waals surface area (Å²) in [6, 6.07) is 14.5. The quantitative estimate of drug-likeness (QED) is 0.492. The van der Waals surface area contributed by atoms with Gasteiger partial charge in [-0.2, -0.15) is 0 Å². The Morgan fingerprint density at radius 2 is 2.04 bits per heavy atom. The lowest BCUT2D eigenvalue weighted by Crippen LogP contribution is -2.36. The molecule has 1 aromatic heterocycles. The van der Waals surface area contributed by atoms with Crippen LogP contribution in [0.25, 0.3) is 10.9 Å². The van der Waals surface area contributed by atoms with E-state index in [1.54, 1.807) is 36.0 Å². The van der Waals surface area contributed by atoms with E-state index in [1.165, 1.54) is 7.11 Å². The van der Waals surface area contributed by atoms with Gasteiger partial charge in [-0.1, -0.05) is 24.3 Å². The van der Waals surface area contributed by atoms with E-state index in [1.807, 2.05) is 24.4 Å². The number of methoxy groups -OCH3 is 1. The number of nitrogens with one attached hydrogen (secondary N) is 2. The number of ketones is 1. The summed E-state index contributed by atoms with van der Waals surface area (Å²) in [4.78, 5) is 27.9. The third-order valence-corrected chi connectivity index (χ3v) is 5.96. The van der Waals surface area contributed by atoms with Crippen molar-refractivity contribution in [3.8, 4) is 5.75 Å². The number of carbonyl (C=O) groups excluding carboxylic acids is 2. The van der Waals surface area contributed by atoms with Crippen molar-refractivity contribution in [3.05, 3.63) is 65.9 Å². The van der Waals surface area contributed by atoms with Gasteiger partial charge in [-0.15, -0.1) is 11.8 Å². The zero-order valence-corrected chi connectivity index (χ0v) is 16.1. The van der Waals surface area contributed by atoms with Gasteiger partial charge in [0.1, 0.15) is 11.8 Å². The minimum atomic E-state index is -0.442. The van der Waals surface area contributed by atoms with E-state index in [2.05, 4.69) is 16.4 Å². The summed E-state index contributed by atoms with van der Waals surface area (Å²) >= 11 is 1.66. The zero-order chi connectivity index (χ0) is 19.5. The number of benzene rings is 2. The molecule has 3 aromatic rings. The van der Waals surface area contributed by atoms with Gasteiger partial charge in [-0.25, -0.2) is 0 Å². The van der Waals surface area contributed by atoms with Crippen molar-refractivity contribution < 1.29 is 19.1 Å². The van der Waals surface area contributed by atoms with Gasteiger partial charge < -0.3 is 14.5 Å². The Hall–Kier alpha value is -2.77. The largest absolute Gasteiger partial charge is 0.497 e. The van der Waals surface area contributed by atoms with Gasteiger partial charge >= 0.3 is 5.97 Å². The maximum Gasteiger partial charge on any atom is 0.324 e. The van der Waals surface area contributed by atoms with Gasteiger partial charge in [0.05, 0.1) is 12.5 Å². The maximum atomic E-state index is 12.4. The second-order valence-electron chi connectivity index (χ2n) is 6.48. The van der Waals surface area contributed by atoms with Crippen LogP contribution in [0.2, 0.25) is 0 Å². The molecule has 0 radical (unpaired) electrons. The minimum Gasteiger partial charge on any atom is -0.497 e. The van der Waals surface area contributed by atoms with Crippen LogP contribution in [0, 0.1) is 0 Å². The lowest BCUT2D eigenvalue weighted by atomic mass is 10.1. The molecular formula is C21H20N2O4S. The molecule has 6 nitrogen and oxygen atoms in total. The van der Waals surface area contributed by atoms with E-state index in [-0.39, 0.29) is 17.8 Å². The first-order valence-electron chi connectivity index (χ1n) is 8.93. The lowest BCUT2D eigenvalue weighted by molar-refractivity contribution is -0.144. The van der Waals surface area contributed by atoms with Crippen molar-refractivity contribution in [1.29, 1.82) is 0 Å². The van der Waals surface area contributed by atoms with Gasteiger partial charge in [0.25, 0.3) is 0 Å². The topological polar surface area (TPSA) is 80.4 Å². The molecule has 2 heterocycles. The number of hydrogen-bond donors (Lipinski definition) is 2. The Labute approximate surface area is 166 Å². The molecule has 2 N–H and O–H groups in total. The highest BCUT2D eigenvalue weighted by atomic mass is 32.2. The van der Waals surface area contributed by atoms with Crippen LogP contribution in [-0.2, 0) is 9.53 Å². The molecule has 7 heteroatoms. The molecule has 144 valence electrons. The van der Waals surface area contributed by atoms with E-state index in [9.17, 15) is 9.59 Å². The van der Waals surface area contributed by atoms with Crippen molar-refractivity contribution in [2.45, 2.75) is 11.4 Å². The predicted octanol–water partition coefficient (Wildman–Crippen LogP) is 3.31. The summed E-state index contributed by atoms with van der Waals surface area (Å²) in [6.07, 6.45) is 1.91. The van der Waals surface area contributed by atoms with Crippen LogP contribution in [0.5, 0.6) is 5.75 Å². The van der Waals surface area contributed by atoms with Gasteiger partial charge in [0.15, 0.2) is 12.4 Å². The van der Waals surface area contributed by atoms with Crippen molar-refractivity contribution >= 4 is 34.4 Å². The fourth-order valence-electron chi connectivity index (χ4n) is 3.24. The monoisotopic (exact) mass is 396 g/mol. The molecule has 4 rings (SSSR count). The second kappa shape index (κ2) is 8.08. The standard InChI is InChI=1S/C21H20N2O4S/c1-26-14-5-2-4-13(10-14)19(24)11-27-21(25)18-12-28-20(23-18)16-6-3-7-17-15(16)8-9-22-17/h2-10,18,20,22-23H,11-12H2,1H3/t18-,20-/m0/s1. The van der Waals surface area contributed by atoms with Gasteiger partial charge in [0.2, 0.25) is 0 Å². The summed E-state index contributed by atoms with van der Waals surface area (Å²) in [5.41, 5.74) is 2.65. The Bertz CT molecular complexity index is 1020. The average molecular weight is 396 g/mol. The Morgan fingerprint density at radius 3 is 2.89 bits per heavy atom. The number of hydrogen-bond acceptors (Lipinski definition) is 6. The number of Topliss-reactive ketones (excluding diaryl/α,β-unsaturated/α-hetero) is 1. The van der Waals surface area contributed by atoms with Crippen LogP contribution in [0.1, 0.15) is 21.3 Å². The first-order chi connectivity index (χ1) is 13.7. The smallest absolute Gasteiger partial charge is 0.324 e. The molecular weight excluding hydrogens is 376 g/mol. The summed E-state index contributed by atoms with van der Waals surface area (Å²) in [5, 5.41) is 4.45. The summed E-state index contributed by atoms with van der Waals surface area (Å²) in [7, 11) is 1.54. The molecule has 0 unspecified atom stereocenters. The van der Waals surface area contributed by atoms with E-state index in [4.69, 9.17) is 9.47 Å². The minimum absolute atomic E-state index is 0.00568. The number of fused-ring (bicyclic) bond motifs is 1. The molecule has 0 amide bonds. The Balaban J connectivity index is 1.36. The first-order valence-corrected chi connectivity index (χ1v) is 9.98. The molecule has 1 aliphatic heterocycles. The number of ether oxygens (including phenoxy) is 2. The van der Waals surface area contributed by atoms with Crippen LogP contribution in [-0.4, -0.2) is 42.2 Å². The number of esters is 1. The summed E-state index contributed by atoms with van der Waals surface area (Å²) in [5.74, 6) is 0.518. The van der Waals surface area contributed by atoms with Crippen LogP contribution in [0.3, 0.4) is 0 Å². The third kappa shape index (κ3) is 3.76. The molecule has 1 fully saturated rings. The van der Waals surface area contributed by atoms with E-state index in [0.29, 0.717) is 17.1 Å². The molecule has 1 aliphatic rings. The molecule has 2 aromatic carbocycles. The predicted molar refractivity (Wildman–Crippen MR) is 109 cm³/mol. The summed E-state index contributed by atoms with van der Waals surface area (Å²) in [6.45, 7) is -0.285. The van der Waals surface area contributed by atoms with Gasteiger partial charge in [-0.3, -0.25) is 14.9 Å². The highest BCUT2D eigenvalue weighted by Gasteiger charge is 2.32. The molecule has 0 bridgehead atoms. The SMILES string of the molecule is COc1cccc(C(=O)COC(=O)[C@@H]2CS[C@@H](c3cccc4[nH]ccc34)N2)c1. The number of thioether (sulfide) groups is 1. The number of H-pyrrole nitrogens is 1. The third-order valence-electron chi connectivity index (χ3n) is 4.72. The van der Waals surface area contributed by atoms with E-state index in [0.717, 1.165) is 16.5 Å².